The standard InChI is InChI=1S/C17H19N3O2/c1-10(19(2)3)9-20-16(21)13-6-4-5-11-7-12(18)8-14(15(11)13)17(20)22/h4-8,10H,9,18H2,1-3H3. The van der Waals surface area contributed by atoms with Gasteiger partial charge in [-0.2, -0.15) is 0 Å². The molecule has 0 saturated carbocycles. The number of benzene rings is 2. The van der Waals surface area contributed by atoms with E-state index in [1.165, 1.54) is 4.90 Å². The van der Waals surface area contributed by atoms with Gasteiger partial charge in [0.2, 0.25) is 0 Å². The molecule has 0 aliphatic carbocycles. The highest BCUT2D eigenvalue weighted by Crippen LogP contribution is 2.32. The van der Waals surface area contributed by atoms with Crippen LogP contribution in [-0.2, 0) is 0 Å². The molecule has 0 bridgehead atoms. The summed E-state index contributed by atoms with van der Waals surface area (Å²) < 4.78 is 0. The second kappa shape index (κ2) is 5.10. The smallest absolute Gasteiger partial charge is 0.261 e. The Morgan fingerprint density at radius 3 is 2.50 bits per heavy atom. The van der Waals surface area contributed by atoms with Crippen LogP contribution in [0.4, 0.5) is 5.69 Å². The van der Waals surface area contributed by atoms with Crippen molar-refractivity contribution in [2.45, 2.75) is 13.0 Å². The van der Waals surface area contributed by atoms with Gasteiger partial charge in [-0.05, 0) is 44.6 Å². The molecule has 2 N–H and O–H groups in total. The van der Waals surface area contributed by atoms with Crippen molar-refractivity contribution in [1.82, 2.24) is 9.80 Å². The molecule has 3 rings (SSSR count). The molecule has 2 aromatic carbocycles. The minimum Gasteiger partial charge on any atom is -0.399 e. The zero-order valence-electron chi connectivity index (χ0n) is 13.0. The number of imide groups is 1. The van der Waals surface area contributed by atoms with Crippen LogP contribution >= 0.6 is 0 Å². The van der Waals surface area contributed by atoms with Crippen LogP contribution in [0.1, 0.15) is 27.6 Å². The fourth-order valence-electron chi connectivity index (χ4n) is 2.77. The summed E-state index contributed by atoms with van der Waals surface area (Å²) in [6, 6.07) is 8.99. The third-order valence-corrected chi connectivity index (χ3v) is 4.28. The molecule has 1 aliphatic rings. The van der Waals surface area contributed by atoms with Crippen LogP contribution in [0.5, 0.6) is 0 Å². The fraction of sp³-hybridized carbons (Fsp3) is 0.294. The average molecular weight is 297 g/mol. The summed E-state index contributed by atoms with van der Waals surface area (Å²) in [5.74, 6) is -0.503. The SMILES string of the molecule is CC(CN1C(=O)c2cccc3cc(N)cc(c23)C1=O)N(C)C. The van der Waals surface area contributed by atoms with E-state index in [0.717, 1.165) is 5.39 Å². The summed E-state index contributed by atoms with van der Waals surface area (Å²) in [7, 11) is 3.85. The van der Waals surface area contributed by atoms with E-state index < -0.39 is 0 Å². The van der Waals surface area contributed by atoms with Crippen molar-refractivity contribution in [3.8, 4) is 0 Å². The van der Waals surface area contributed by atoms with E-state index in [-0.39, 0.29) is 17.9 Å². The third kappa shape index (κ3) is 2.14. The largest absolute Gasteiger partial charge is 0.399 e. The number of carbonyl (C=O) groups excluding carboxylic acids is 2. The van der Waals surface area contributed by atoms with E-state index >= 15 is 0 Å². The Balaban J connectivity index is 2.15. The topological polar surface area (TPSA) is 66.6 Å². The third-order valence-electron chi connectivity index (χ3n) is 4.28. The van der Waals surface area contributed by atoms with Gasteiger partial charge in [0.25, 0.3) is 11.8 Å². The minimum atomic E-state index is -0.269. The molecule has 5 nitrogen and oxygen atoms in total. The predicted molar refractivity (Wildman–Crippen MR) is 86.9 cm³/mol. The number of hydrogen-bond acceptors (Lipinski definition) is 4. The summed E-state index contributed by atoms with van der Waals surface area (Å²) in [5.41, 5.74) is 7.51. The van der Waals surface area contributed by atoms with E-state index in [9.17, 15) is 9.59 Å². The number of nitrogens with two attached hydrogens (primary N) is 1. The number of anilines is 1. The van der Waals surface area contributed by atoms with Crippen LogP contribution in [0.15, 0.2) is 30.3 Å². The molecule has 1 heterocycles. The van der Waals surface area contributed by atoms with Gasteiger partial charge in [0.05, 0.1) is 5.56 Å². The second-order valence-corrected chi connectivity index (χ2v) is 6.01. The Kier molecular flexibility index (Phi) is 3.37. The van der Waals surface area contributed by atoms with E-state index in [4.69, 9.17) is 5.73 Å². The Labute approximate surface area is 129 Å². The lowest BCUT2D eigenvalue weighted by molar-refractivity contribution is 0.0574. The number of likely N-dealkylation sites (N-methyl/N-ethyl adjacent to an activating group) is 1. The number of nitrogens with zero attached hydrogens (tertiary/aromatic N) is 2. The van der Waals surface area contributed by atoms with Crippen LogP contribution in [0.3, 0.4) is 0 Å². The first-order chi connectivity index (χ1) is 10.4. The molecule has 0 aromatic heterocycles. The molecule has 1 aliphatic heterocycles. The van der Waals surface area contributed by atoms with Gasteiger partial charge in [-0.1, -0.05) is 12.1 Å². The van der Waals surface area contributed by atoms with Gasteiger partial charge in [-0.15, -0.1) is 0 Å². The normalized spacial score (nSPS) is 15.7. The van der Waals surface area contributed by atoms with Gasteiger partial charge in [0, 0.05) is 29.2 Å². The molecular weight excluding hydrogens is 278 g/mol. The maximum atomic E-state index is 12.8. The molecule has 0 radical (unpaired) electrons. The van der Waals surface area contributed by atoms with Crippen molar-refractivity contribution < 1.29 is 9.59 Å². The summed E-state index contributed by atoms with van der Waals surface area (Å²) >= 11 is 0. The number of amides is 2. The Bertz CT molecular complexity index is 783. The first-order valence-corrected chi connectivity index (χ1v) is 7.25. The lowest BCUT2D eigenvalue weighted by Gasteiger charge is -2.31. The van der Waals surface area contributed by atoms with Gasteiger partial charge in [0.1, 0.15) is 0 Å². The van der Waals surface area contributed by atoms with Crippen LogP contribution in [0.2, 0.25) is 0 Å². The van der Waals surface area contributed by atoms with Gasteiger partial charge >= 0.3 is 0 Å². The lowest BCUT2D eigenvalue weighted by atomic mass is 9.93. The van der Waals surface area contributed by atoms with Crippen molar-refractivity contribution in [3.05, 3.63) is 41.5 Å². The summed E-state index contributed by atoms with van der Waals surface area (Å²) in [6.45, 7) is 2.34. The van der Waals surface area contributed by atoms with Crippen molar-refractivity contribution >= 4 is 28.3 Å². The van der Waals surface area contributed by atoms with Gasteiger partial charge in [0.15, 0.2) is 0 Å². The lowest BCUT2D eigenvalue weighted by Crippen LogP contribution is -2.47. The molecule has 1 unspecified atom stereocenters. The zero-order chi connectivity index (χ0) is 16.0. The number of carbonyl (C=O) groups is 2. The summed E-state index contributed by atoms with van der Waals surface area (Å²) in [4.78, 5) is 28.8. The highest BCUT2D eigenvalue weighted by atomic mass is 16.2. The van der Waals surface area contributed by atoms with Crippen LogP contribution in [0, 0.1) is 0 Å². The van der Waals surface area contributed by atoms with Crippen molar-refractivity contribution in [2.24, 2.45) is 0 Å². The first-order valence-electron chi connectivity index (χ1n) is 7.25. The Hall–Kier alpha value is -2.40. The molecule has 0 fully saturated rings. The van der Waals surface area contributed by atoms with Gasteiger partial charge < -0.3 is 10.6 Å². The van der Waals surface area contributed by atoms with Gasteiger partial charge in [-0.25, -0.2) is 0 Å². The zero-order valence-corrected chi connectivity index (χ0v) is 13.0. The van der Waals surface area contributed by atoms with Crippen molar-refractivity contribution in [1.29, 1.82) is 0 Å². The summed E-state index contributed by atoms with van der Waals surface area (Å²) in [5, 5.41) is 1.54. The van der Waals surface area contributed by atoms with E-state index in [1.54, 1.807) is 18.2 Å². The molecule has 5 heteroatoms. The van der Waals surface area contributed by atoms with Gasteiger partial charge in [-0.3, -0.25) is 14.5 Å². The van der Waals surface area contributed by atoms with E-state index in [1.807, 2.05) is 38.1 Å². The average Bonchev–Trinajstić information content (AvgIpc) is 2.48. The van der Waals surface area contributed by atoms with Crippen LogP contribution in [-0.4, -0.2) is 48.3 Å². The molecule has 1 atom stereocenters. The maximum absolute atomic E-state index is 12.8. The Morgan fingerprint density at radius 2 is 1.82 bits per heavy atom. The number of hydrogen-bond donors (Lipinski definition) is 1. The quantitative estimate of drug-likeness (QED) is 0.695. The van der Waals surface area contributed by atoms with Crippen molar-refractivity contribution in [3.63, 3.8) is 0 Å². The van der Waals surface area contributed by atoms with E-state index in [2.05, 4.69) is 0 Å². The van der Waals surface area contributed by atoms with Crippen LogP contribution < -0.4 is 5.73 Å². The molecule has 2 aromatic rings. The number of nitrogen functional groups attached to an aromatic ring is 1. The fourth-order valence-corrected chi connectivity index (χ4v) is 2.77. The Morgan fingerprint density at radius 1 is 1.14 bits per heavy atom. The highest BCUT2D eigenvalue weighted by molar-refractivity contribution is 6.25. The second-order valence-electron chi connectivity index (χ2n) is 6.01. The number of rotatable bonds is 3. The monoisotopic (exact) mass is 297 g/mol. The maximum Gasteiger partial charge on any atom is 0.261 e. The molecule has 114 valence electrons. The predicted octanol–water partition coefficient (Wildman–Crippen LogP) is 1.97. The molecule has 2 amide bonds. The summed E-state index contributed by atoms with van der Waals surface area (Å²) in [6.07, 6.45) is 0. The van der Waals surface area contributed by atoms with E-state index in [0.29, 0.717) is 28.7 Å². The van der Waals surface area contributed by atoms with Crippen LogP contribution in [0.25, 0.3) is 10.8 Å². The molecule has 0 spiro atoms. The van der Waals surface area contributed by atoms with Crippen molar-refractivity contribution in [2.75, 3.05) is 26.4 Å². The molecule has 0 saturated heterocycles. The first kappa shape index (κ1) is 14.5. The molecule has 22 heavy (non-hydrogen) atoms. The minimum absolute atomic E-state index is 0.0784. The highest BCUT2D eigenvalue weighted by Gasteiger charge is 2.33. The molecular formula is C17H19N3O2.